The van der Waals surface area contributed by atoms with Crippen molar-refractivity contribution in [2.24, 2.45) is 0 Å². The van der Waals surface area contributed by atoms with Crippen LogP contribution in [0.5, 0.6) is 5.88 Å². The third kappa shape index (κ3) is 3.65. The lowest BCUT2D eigenvalue weighted by molar-refractivity contribution is -0.132. The molecule has 0 atom stereocenters. The highest BCUT2D eigenvalue weighted by atomic mass is 19.1. The number of nitrogens with zero attached hydrogens (tertiary/aromatic N) is 2. The lowest BCUT2D eigenvalue weighted by Gasteiger charge is -2.09. The van der Waals surface area contributed by atoms with Crippen LogP contribution in [0.1, 0.15) is 6.92 Å². The number of esters is 1. The highest BCUT2D eigenvalue weighted by Gasteiger charge is 2.25. The summed E-state index contributed by atoms with van der Waals surface area (Å²) in [6.07, 6.45) is 0. The third-order valence-corrected chi connectivity index (χ3v) is 4.48. The zero-order chi connectivity index (χ0) is 21.3. The van der Waals surface area contributed by atoms with Crippen molar-refractivity contribution in [1.82, 2.24) is 9.78 Å². The van der Waals surface area contributed by atoms with E-state index in [1.54, 1.807) is 42.5 Å². The maximum Gasteiger partial charge on any atom is 0.309 e. The zero-order valence-electron chi connectivity index (χ0n) is 16.0. The molecule has 4 aromatic rings. The van der Waals surface area contributed by atoms with Crippen molar-refractivity contribution in [3.63, 3.8) is 0 Å². The average Bonchev–Trinajstić information content (AvgIpc) is 3.08. The first-order chi connectivity index (χ1) is 14.4. The number of halogens is 2. The fraction of sp³-hybridized carbons (Fsp3) is 0.0435. The van der Waals surface area contributed by atoms with Crippen molar-refractivity contribution in [3.05, 3.63) is 84.4 Å². The summed E-state index contributed by atoms with van der Waals surface area (Å²) in [4.78, 5) is 11.9. The Labute approximate surface area is 171 Å². The molecular formula is C23H17F2N3O2. The van der Waals surface area contributed by atoms with E-state index in [2.05, 4.69) is 5.10 Å². The van der Waals surface area contributed by atoms with E-state index in [9.17, 15) is 13.6 Å². The number of nitrogen functional groups attached to an aromatic ring is 1. The van der Waals surface area contributed by atoms with Gasteiger partial charge in [-0.25, -0.2) is 8.78 Å². The molecule has 1 aromatic heterocycles. The van der Waals surface area contributed by atoms with Crippen LogP contribution in [-0.4, -0.2) is 15.7 Å². The smallest absolute Gasteiger partial charge is 0.309 e. The molecule has 0 unspecified atom stereocenters. The van der Waals surface area contributed by atoms with Crippen LogP contribution in [0.3, 0.4) is 0 Å². The average molecular weight is 405 g/mol. The second-order valence-electron chi connectivity index (χ2n) is 6.61. The number of nitrogens with two attached hydrogens (primary N) is 1. The van der Waals surface area contributed by atoms with Crippen molar-refractivity contribution < 1.29 is 18.3 Å². The molecule has 7 heteroatoms. The molecule has 0 saturated heterocycles. The van der Waals surface area contributed by atoms with Crippen LogP contribution in [0.4, 0.5) is 14.5 Å². The maximum absolute atomic E-state index is 14.7. The van der Waals surface area contributed by atoms with Gasteiger partial charge in [-0.3, -0.25) is 4.79 Å². The van der Waals surface area contributed by atoms with Gasteiger partial charge in [0.05, 0.1) is 11.3 Å². The number of ether oxygens (including phenoxy) is 1. The van der Waals surface area contributed by atoms with Crippen molar-refractivity contribution in [1.29, 1.82) is 0 Å². The van der Waals surface area contributed by atoms with Gasteiger partial charge in [0.25, 0.3) is 0 Å². The molecule has 30 heavy (non-hydrogen) atoms. The SMILES string of the molecule is CC(=O)Oc1c(-c2ccc(N)cc2)c(-c2ccccc2F)nn1-c1ccc(F)cc1. The normalized spacial score (nSPS) is 10.8. The molecule has 5 nitrogen and oxygen atoms in total. The van der Waals surface area contributed by atoms with Gasteiger partial charge in [-0.05, 0) is 54.1 Å². The predicted molar refractivity (Wildman–Crippen MR) is 110 cm³/mol. The van der Waals surface area contributed by atoms with Gasteiger partial charge in [-0.2, -0.15) is 9.78 Å². The summed E-state index contributed by atoms with van der Waals surface area (Å²) in [5, 5.41) is 4.54. The van der Waals surface area contributed by atoms with E-state index in [-0.39, 0.29) is 17.1 Å². The molecule has 150 valence electrons. The van der Waals surface area contributed by atoms with Crippen LogP contribution >= 0.6 is 0 Å². The minimum Gasteiger partial charge on any atom is -0.407 e. The van der Waals surface area contributed by atoms with Gasteiger partial charge in [-0.1, -0.05) is 24.3 Å². The predicted octanol–water partition coefficient (Wildman–Crippen LogP) is 4.99. The Morgan fingerprint density at radius 1 is 0.967 bits per heavy atom. The lowest BCUT2D eigenvalue weighted by Crippen LogP contribution is -2.08. The summed E-state index contributed by atoms with van der Waals surface area (Å²) < 4.78 is 35.0. The summed E-state index contributed by atoms with van der Waals surface area (Å²) in [7, 11) is 0. The van der Waals surface area contributed by atoms with Crippen LogP contribution in [-0.2, 0) is 4.79 Å². The Morgan fingerprint density at radius 2 is 1.63 bits per heavy atom. The van der Waals surface area contributed by atoms with Gasteiger partial charge in [0.15, 0.2) is 0 Å². The highest BCUT2D eigenvalue weighted by molar-refractivity contribution is 5.87. The first kappa shape index (κ1) is 19.3. The number of carbonyl (C=O) groups excluding carboxylic acids is 1. The van der Waals surface area contributed by atoms with Gasteiger partial charge in [-0.15, -0.1) is 0 Å². The number of anilines is 1. The summed E-state index contributed by atoms with van der Waals surface area (Å²) in [6, 6.07) is 18.5. The van der Waals surface area contributed by atoms with E-state index in [1.165, 1.54) is 41.9 Å². The van der Waals surface area contributed by atoms with Crippen LogP contribution in [0.25, 0.3) is 28.1 Å². The molecule has 0 amide bonds. The fourth-order valence-corrected chi connectivity index (χ4v) is 3.14. The quantitative estimate of drug-likeness (QED) is 0.384. The number of carbonyl (C=O) groups is 1. The molecule has 0 saturated carbocycles. The van der Waals surface area contributed by atoms with Crippen LogP contribution < -0.4 is 10.5 Å². The Hall–Kier alpha value is -4.00. The molecule has 0 fully saturated rings. The summed E-state index contributed by atoms with van der Waals surface area (Å²) in [5.41, 5.74) is 8.36. The zero-order valence-corrected chi connectivity index (χ0v) is 16.0. The molecule has 3 aromatic carbocycles. The molecular weight excluding hydrogens is 388 g/mol. The van der Waals surface area contributed by atoms with E-state index in [1.807, 2.05) is 0 Å². The van der Waals surface area contributed by atoms with Crippen molar-refractivity contribution >= 4 is 11.7 Å². The summed E-state index contributed by atoms with van der Waals surface area (Å²) >= 11 is 0. The van der Waals surface area contributed by atoms with Crippen LogP contribution in [0.2, 0.25) is 0 Å². The first-order valence-electron chi connectivity index (χ1n) is 9.12. The van der Waals surface area contributed by atoms with E-state index in [4.69, 9.17) is 10.5 Å². The van der Waals surface area contributed by atoms with Crippen molar-refractivity contribution in [2.45, 2.75) is 6.92 Å². The first-order valence-corrected chi connectivity index (χ1v) is 9.12. The molecule has 2 N–H and O–H groups in total. The molecule has 0 bridgehead atoms. The molecule has 0 aliphatic heterocycles. The fourth-order valence-electron chi connectivity index (χ4n) is 3.14. The number of aromatic nitrogens is 2. The van der Waals surface area contributed by atoms with E-state index >= 15 is 0 Å². The molecule has 4 rings (SSSR count). The largest absolute Gasteiger partial charge is 0.407 e. The molecule has 1 heterocycles. The third-order valence-electron chi connectivity index (χ3n) is 4.48. The molecule has 0 radical (unpaired) electrons. The second kappa shape index (κ2) is 7.79. The minimum atomic E-state index is -0.574. The number of hydrogen-bond donors (Lipinski definition) is 1. The molecule has 0 aliphatic carbocycles. The Balaban J connectivity index is 2.05. The van der Waals surface area contributed by atoms with Gasteiger partial charge in [0.1, 0.15) is 17.3 Å². The standard InChI is InChI=1S/C23H17F2N3O2/c1-14(29)30-23-21(15-6-10-17(26)11-7-15)22(19-4-2-3-5-20(19)25)27-28(23)18-12-8-16(24)9-13-18/h2-13H,26H2,1H3. The van der Waals surface area contributed by atoms with E-state index in [0.29, 0.717) is 22.5 Å². The van der Waals surface area contributed by atoms with Crippen molar-refractivity contribution in [3.8, 4) is 34.0 Å². The number of benzene rings is 3. The Morgan fingerprint density at radius 3 is 2.27 bits per heavy atom. The van der Waals surface area contributed by atoms with Gasteiger partial charge < -0.3 is 10.5 Å². The van der Waals surface area contributed by atoms with E-state index < -0.39 is 17.6 Å². The lowest BCUT2D eigenvalue weighted by atomic mass is 10.0. The van der Waals surface area contributed by atoms with Gasteiger partial charge >= 0.3 is 5.97 Å². The highest BCUT2D eigenvalue weighted by Crippen LogP contribution is 2.41. The number of hydrogen-bond acceptors (Lipinski definition) is 4. The molecule has 0 spiro atoms. The van der Waals surface area contributed by atoms with Gasteiger partial charge in [0.2, 0.25) is 5.88 Å². The van der Waals surface area contributed by atoms with Crippen LogP contribution in [0, 0.1) is 11.6 Å². The maximum atomic E-state index is 14.7. The van der Waals surface area contributed by atoms with Crippen LogP contribution in [0.15, 0.2) is 72.8 Å². The number of rotatable bonds is 4. The minimum absolute atomic E-state index is 0.0946. The monoisotopic (exact) mass is 405 g/mol. The van der Waals surface area contributed by atoms with Crippen molar-refractivity contribution in [2.75, 3.05) is 5.73 Å². The summed E-state index contributed by atoms with van der Waals surface area (Å²) in [5.74, 6) is -1.38. The second-order valence-corrected chi connectivity index (χ2v) is 6.61. The Kier molecular flexibility index (Phi) is 5.02. The van der Waals surface area contributed by atoms with E-state index in [0.717, 1.165) is 0 Å². The Bertz CT molecular complexity index is 1220. The topological polar surface area (TPSA) is 70.1 Å². The van der Waals surface area contributed by atoms with Gasteiger partial charge in [0, 0.05) is 18.2 Å². The molecule has 0 aliphatic rings. The summed E-state index contributed by atoms with van der Waals surface area (Å²) in [6.45, 7) is 1.26.